The van der Waals surface area contributed by atoms with E-state index in [1.807, 2.05) is 48.3 Å². The highest BCUT2D eigenvalue weighted by molar-refractivity contribution is 6.02. The van der Waals surface area contributed by atoms with Crippen LogP contribution in [0.1, 0.15) is 36.1 Å². The van der Waals surface area contributed by atoms with Crippen LogP contribution in [0.4, 0.5) is 5.69 Å². The minimum Gasteiger partial charge on any atom is -0.462 e. The van der Waals surface area contributed by atoms with Crippen LogP contribution in [0.15, 0.2) is 108 Å². The van der Waals surface area contributed by atoms with Crippen LogP contribution >= 0.6 is 0 Å². The number of benzene rings is 4. The lowest BCUT2D eigenvalue weighted by Gasteiger charge is -2.45. The second-order valence-corrected chi connectivity index (χ2v) is 8.98. The molecule has 4 aromatic rings. The van der Waals surface area contributed by atoms with Gasteiger partial charge in [-0.05, 0) is 34.9 Å². The van der Waals surface area contributed by atoms with E-state index in [9.17, 15) is 10.1 Å². The van der Waals surface area contributed by atoms with Crippen molar-refractivity contribution >= 4 is 11.4 Å². The van der Waals surface area contributed by atoms with Crippen LogP contribution in [0, 0.1) is 10.1 Å². The molecule has 2 unspecified atom stereocenters. The predicted octanol–water partition coefficient (Wildman–Crippen LogP) is 6.68. The predicted molar refractivity (Wildman–Crippen MR) is 135 cm³/mol. The molecule has 0 aromatic heterocycles. The highest BCUT2D eigenvalue weighted by Crippen LogP contribution is 2.50. The molecule has 2 aliphatic heterocycles. The van der Waals surface area contributed by atoms with Gasteiger partial charge < -0.3 is 4.74 Å². The molecular formula is C29H23N3O3. The summed E-state index contributed by atoms with van der Waals surface area (Å²) in [6, 6.07) is 33.4. The van der Waals surface area contributed by atoms with Gasteiger partial charge in [0.25, 0.3) is 5.69 Å². The normalized spacial score (nSPS) is 20.4. The van der Waals surface area contributed by atoms with Gasteiger partial charge in [-0.2, -0.15) is 5.10 Å². The SMILES string of the molecule is CC1(c2ccc([N+](=O)[O-])cc2)Oc2ccccc2C2CC(c3ccc(-c4ccccc4)cc3)=NN21. The molecule has 2 heterocycles. The number of hydrogen-bond donors (Lipinski definition) is 0. The molecule has 6 heteroatoms. The maximum Gasteiger partial charge on any atom is 0.269 e. The van der Waals surface area contributed by atoms with Gasteiger partial charge in [-0.15, -0.1) is 0 Å². The van der Waals surface area contributed by atoms with Gasteiger partial charge in [-0.25, -0.2) is 5.01 Å². The molecule has 0 bridgehead atoms. The lowest BCUT2D eigenvalue weighted by Crippen LogP contribution is -2.48. The lowest BCUT2D eigenvalue weighted by molar-refractivity contribution is -0.384. The van der Waals surface area contributed by atoms with Gasteiger partial charge in [-0.1, -0.05) is 72.8 Å². The number of non-ortho nitro benzene ring substituents is 1. The molecule has 0 radical (unpaired) electrons. The molecule has 6 rings (SSSR count). The van der Waals surface area contributed by atoms with Crippen molar-refractivity contribution in [1.29, 1.82) is 0 Å². The van der Waals surface area contributed by atoms with E-state index in [2.05, 4.69) is 42.5 Å². The Labute approximate surface area is 203 Å². The van der Waals surface area contributed by atoms with Crippen molar-refractivity contribution < 1.29 is 9.66 Å². The Kier molecular flexibility index (Phi) is 4.88. The molecule has 0 saturated heterocycles. The molecule has 0 saturated carbocycles. The first kappa shape index (κ1) is 21.1. The van der Waals surface area contributed by atoms with E-state index in [0.29, 0.717) is 0 Å². The third-order valence-corrected chi connectivity index (χ3v) is 6.87. The molecule has 172 valence electrons. The maximum absolute atomic E-state index is 11.2. The quantitative estimate of drug-likeness (QED) is 0.251. The number of nitro benzene ring substituents is 1. The summed E-state index contributed by atoms with van der Waals surface area (Å²) in [5.74, 6) is 0.811. The van der Waals surface area contributed by atoms with E-state index in [4.69, 9.17) is 9.84 Å². The first-order valence-electron chi connectivity index (χ1n) is 11.6. The first-order chi connectivity index (χ1) is 17.0. The fraction of sp³-hybridized carbons (Fsp3) is 0.138. The van der Waals surface area contributed by atoms with Crippen molar-refractivity contribution in [3.63, 3.8) is 0 Å². The lowest BCUT2D eigenvalue weighted by atomic mass is 9.92. The number of rotatable bonds is 4. The van der Waals surface area contributed by atoms with E-state index < -0.39 is 10.6 Å². The summed E-state index contributed by atoms with van der Waals surface area (Å²) in [7, 11) is 0. The van der Waals surface area contributed by atoms with E-state index in [0.717, 1.165) is 40.1 Å². The Morgan fingerprint density at radius 1 is 0.857 bits per heavy atom. The minimum absolute atomic E-state index is 0.00365. The molecule has 0 amide bonds. The summed E-state index contributed by atoms with van der Waals surface area (Å²) in [6.07, 6.45) is 0.744. The summed E-state index contributed by atoms with van der Waals surface area (Å²) >= 11 is 0. The zero-order valence-corrected chi connectivity index (χ0v) is 19.2. The first-order valence-corrected chi connectivity index (χ1v) is 11.6. The highest BCUT2D eigenvalue weighted by Gasteiger charge is 2.48. The van der Waals surface area contributed by atoms with Crippen molar-refractivity contribution in [2.75, 3.05) is 0 Å². The summed E-state index contributed by atoms with van der Waals surface area (Å²) < 4.78 is 6.53. The van der Waals surface area contributed by atoms with Crippen LogP contribution in [0.3, 0.4) is 0 Å². The molecular weight excluding hydrogens is 438 g/mol. The molecule has 2 aliphatic rings. The number of hydrogen-bond acceptors (Lipinski definition) is 5. The minimum atomic E-state index is -0.903. The van der Waals surface area contributed by atoms with E-state index >= 15 is 0 Å². The largest absolute Gasteiger partial charge is 0.462 e. The Morgan fingerprint density at radius 3 is 2.20 bits per heavy atom. The monoisotopic (exact) mass is 461 g/mol. The van der Waals surface area contributed by atoms with Gasteiger partial charge in [0.1, 0.15) is 5.75 Å². The Bertz CT molecular complexity index is 1430. The van der Waals surface area contributed by atoms with Crippen LogP contribution < -0.4 is 4.74 Å². The van der Waals surface area contributed by atoms with Crippen molar-refractivity contribution in [3.8, 4) is 16.9 Å². The third kappa shape index (κ3) is 3.54. The van der Waals surface area contributed by atoms with Gasteiger partial charge in [-0.3, -0.25) is 10.1 Å². The van der Waals surface area contributed by atoms with Crippen molar-refractivity contribution in [2.45, 2.75) is 25.1 Å². The van der Waals surface area contributed by atoms with Gasteiger partial charge in [0, 0.05) is 36.6 Å². The van der Waals surface area contributed by atoms with Crippen LogP contribution in [-0.2, 0) is 5.72 Å². The second kappa shape index (κ2) is 8.09. The summed E-state index contributed by atoms with van der Waals surface area (Å²) in [6.45, 7) is 1.97. The number of ether oxygens (including phenoxy) is 1. The average molecular weight is 462 g/mol. The Morgan fingerprint density at radius 2 is 1.49 bits per heavy atom. The maximum atomic E-state index is 11.2. The van der Waals surface area contributed by atoms with Gasteiger partial charge in [0.2, 0.25) is 5.72 Å². The fourth-order valence-electron chi connectivity index (χ4n) is 5.00. The molecule has 0 N–H and O–H groups in total. The third-order valence-electron chi connectivity index (χ3n) is 6.87. The number of para-hydroxylation sites is 1. The van der Waals surface area contributed by atoms with Crippen LogP contribution in [0.2, 0.25) is 0 Å². The molecule has 0 aliphatic carbocycles. The standard InChI is InChI=1S/C29H23N3O3/c1-29(23-15-17-24(18-16-23)32(33)34)31-27(25-9-5-6-10-28(25)35-29)19-26(30-31)22-13-11-21(12-14-22)20-7-3-2-4-8-20/h2-18,27H,19H2,1H3. The Balaban J connectivity index is 1.39. The number of nitrogens with zero attached hydrogens (tertiary/aromatic N) is 3. The molecule has 6 nitrogen and oxygen atoms in total. The topological polar surface area (TPSA) is 68.0 Å². The molecule has 4 aromatic carbocycles. The van der Waals surface area contributed by atoms with Gasteiger partial charge in [0.05, 0.1) is 16.7 Å². The van der Waals surface area contributed by atoms with Crippen molar-refractivity contribution in [2.24, 2.45) is 5.10 Å². The van der Waals surface area contributed by atoms with Crippen molar-refractivity contribution in [3.05, 3.63) is 130 Å². The zero-order chi connectivity index (χ0) is 24.0. The van der Waals surface area contributed by atoms with Gasteiger partial charge >= 0.3 is 0 Å². The fourth-order valence-corrected chi connectivity index (χ4v) is 5.00. The number of fused-ring (bicyclic) bond motifs is 3. The summed E-state index contributed by atoms with van der Waals surface area (Å²) in [5.41, 5.74) is 5.45. The zero-order valence-electron chi connectivity index (χ0n) is 19.2. The van der Waals surface area contributed by atoms with Gasteiger partial charge in [0.15, 0.2) is 0 Å². The summed E-state index contributed by atoms with van der Waals surface area (Å²) in [5, 5.41) is 18.2. The molecule has 2 atom stereocenters. The molecule has 0 fully saturated rings. The number of nitro groups is 1. The van der Waals surface area contributed by atoms with Crippen LogP contribution in [0.25, 0.3) is 11.1 Å². The number of hydrazone groups is 1. The smallest absolute Gasteiger partial charge is 0.269 e. The summed E-state index contributed by atoms with van der Waals surface area (Å²) in [4.78, 5) is 10.8. The molecule has 0 spiro atoms. The second-order valence-electron chi connectivity index (χ2n) is 8.98. The van der Waals surface area contributed by atoms with E-state index in [1.165, 1.54) is 17.7 Å². The average Bonchev–Trinajstić information content (AvgIpc) is 3.36. The van der Waals surface area contributed by atoms with E-state index in [1.54, 1.807) is 12.1 Å². The highest BCUT2D eigenvalue weighted by atomic mass is 16.6. The van der Waals surface area contributed by atoms with E-state index in [-0.39, 0.29) is 11.7 Å². The Hall–Kier alpha value is -4.45. The van der Waals surface area contributed by atoms with Crippen LogP contribution in [0.5, 0.6) is 5.75 Å². The van der Waals surface area contributed by atoms with Crippen molar-refractivity contribution in [1.82, 2.24) is 5.01 Å². The molecule has 35 heavy (non-hydrogen) atoms. The van der Waals surface area contributed by atoms with Crippen LogP contribution in [-0.4, -0.2) is 15.6 Å².